The van der Waals surface area contributed by atoms with Crippen LogP contribution in [0.4, 0.5) is 0 Å². The molecule has 1 aromatic carbocycles. The first kappa shape index (κ1) is 23.6. The first-order chi connectivity index (χ1) is 13.2. The average molecular weight is 413 g/mol. The van der Waals surface area contributed by atoms with E-state index in [4.69, 9.17) is 0 Å². The fourth-order valence-electron chi connectivity index (χ4n) is 2.44. The van der Waals surface area contributed by atoms with Gasteiger partial charge >= 0.3 is 0 Å². The molecule has 0 saturated heterocycles. The van der Waals surface area contributed by atoms with E-state index in [0.29, 0.717) is 19.6 Å². The molecule has 9 nitrogen and oxygen atoms in total. The van der Waals surface area contributed by atoms with E-state index in [0.717, 1.165) is 0 Å². The molecule has 0 bridgehead atoms. The van der Waals surface area contributed by atoms with E-state index >= 15 is 0 Å². The van der Waals surface area contributed by atoms with Gasteiger partial charge in [0.1, 0.15) is 6.04 Å². The lowest BCUT2D eigenvalue weighted by Crippen LogP contribution is -2.47. The van der Waals surface area contributed by atoms with Crippen molar-refractivity contribution in [2.45, 2.75) is 38.6 Å². The van der Waals surface area contributed by atoms with Crippen LogP contribution in [0.2, 0.25) is 0 Å². The molecule has 28 heavy (non-hydrogen) atoms. The van der Waals surface area contributed by atoms with E-state index in [2.05, 4.69) is 16.0 Å². The van der Waals surface area contributed by atoms with Gasteiger partial charge < -0.3 is 16.0 Å². The van der Waals surface area contributed by atoms with Crippen LogP contribution in [0.5, 0.6) is 0 Å². The summed E-state index contributed by atoms with van der Waals surface area (Å²) in [6.07, 6.45) is 0. The van der Waals surface area contributed by atoms with Gasteiger partial charge in [0.2, 0.25) is 21.8 Å². The fraction of sp³-hybridized carbons (Fsp3) is 0.500. The van der Waals surface area contributed by atoms with E-state index in [-0.39, 0.29) is 22.9 Å². The van der Waals surface area contributed by atoms with Crippen molar-refractivity contribution in [2.75, 3.05) is 26.2 Å². The molecule has 156 valence electrons. The van der Waals surface area contributed by atoms with Crippen LogP contribution in [-0.2, 0) is 19.6 Å². The smallest absolute Gasteiger partial charge is 0.251 e. The minimum atomic E-state index is -3.60. The SMILES string of the molecule is CCNC(=O)[C@@H](C)NC(=O)CNC(=O)c1ccc(S(=O)(=O)N(CC)CC)cc1. The molecule has 0 saturated carbocycles. The van der Waals surface area contributed by atoms with Gasteiger partial charge in [-0.15, -0.1) is 0 Å². The molecular formula is C18H28N4O5S. The summed E-state index contributed by atoms with van der Waals surface area (Å²) >= 11 is 0. The molecule has 1 rings (SSSR count). The summed E-state index contributed by atoms with van der Waals surface area (Å²) in [7, 11) is -3.60. The zero-order chi connectivity index (χ0) is 21.3. The quantitative estimate of drug-likeness (QED) is 0.502. The highest BCUT2D eigenvalue weighted by atomic mass is 32.2. The molecule has 0 unspecified atom stereocenters. The number of benzene rings is 1. The Kier molecular flexibility index (Phi) is 9.07. The maximum atomic E-state index is 12.4. The number of carbonyl (C=O) groups excluding carboxylic acids is 3. The van der Waals surface area contributed by atoms with Gasteiger partial charge in [0.05, 0.1) is 11.4 Å². The third-order valence-corrected chi connectivity index (χ3v) is 6.06. The molecule has 0 aliphatic carbocycles. The van der Waals surface area contributed by atoms with Crippen molar-refractivity contribution < 1.29 is 22.8 Å². The topological polar surface area (TPSA) is 125 Å². The maximum Gasteiger partial charge on any atom is 0.251 e. The van der Waals surface area contributed by atoms with Gasteiger partial charge in [-0.2, -0.15) is 4.31 Å². The van der Waals surface area contributed by atoms with Crippen LogP contribution in [0.1, 0.15) is 38.1 Å². The molecule has 0 spiro atoms. The van der Waals surface area contributed by atoms with Gasteiger partial charge in [0.25, 0.3) is 5.91 Å². The van der Waals surface area contributed by atoms with E-state index in [9.17, 15) is 22.8 Å². The molecular weight excluding hydrogens is 384 g/mol. The number of rotatable bonds is 10. The summed E-state index contributed by atoms with van der Waals surface area (Å²) in [5.74, 6) is -1.34. The third-order valence-electron chi connectivity index (χ3n) is 3.99. The number of amides is 3. The van der Waals surface area contributed by atoms with E-state index in [1.165, 1.54) is 28.6 Å². The van der Waals surface area contributed by atoms with Gasteiger partial charge in [-0.1, -0.05) is 13.8 Å². The van der Waals surface area contributed by atoms with Crippen LogP contribution in [0.15, 0.2) is 29.2 Å². The van der Waals surface area contributed by atoms with Crippen molar-refractivity contribution in [1.29, 1.82) is 0 Å². The Bertz CT molecular complexity index is 789. The monoisotopic (exact) mass is 412 g/mol. The van der Waals surface area contributed by atoms with Crippen molar-refractivity contribution in [1.82, 2.24) is 20.3 Å². The molecule has 0 aromatic heterocycles. The molecule has 0 radical (unpaired) electrons. The highest BCUT2D eigenvalue weighted by molar-refractivity contribution is 7.89. The summed E-state index contributed by atoms with van der Waals surface area (Å²) in [5.41, 5.74) is 0.225. The highest BCUT2D eigenvalue weighted by Gasteiger charge is 2.22. The van der Waals surface area contributed by atoms with Crippen LogP contribution in [0.25, 0.3) is 0 Å². The third kappa shape index (κ3) is 6.31. The Morgan fingerprint density at radius 3 is 2.07 bits per heavy atom. The van der Waals surface area contributed by atoms with Gasteiger partial charge in [-0.3, -0.25) is 14.4 Å². The Balaban J connectivity index is 2.67. The Hall–Kier alpha value is -2.46. The molecule has 1 aromatic rings. The standard InChI is InChI=1S/C18H28N4O5S/c1-5-19-17(24)13(4)21-16(23)12-20-18(25)14-8-10-15(11-9-14)28(26,27)22(6-2)7-3/h8-11,13H,5-7,12H2,1-4H3,(H,19,24)(H,20,25)(H,21,23)/t13-/m1/s1. The average Bonchev–Trinajstić information content (AvgIpc) is 2.67. The molecule has 0 heterocycles. The Morgan fingerprint density at radius 2 is 1.57 bits per heavy atom. The van der Waals surface area contributed by atoms with E-state index < -0.39 is 27.9 Å². The minimum absolute atomic E-state index is 0.0984. The summed E-state index contributed by atoms with van der Waals surface area (Å²) in [4.78, 5) is 35.7. The van der Waals surface area contributed by atoms with Crippen LogP contribution in [0.3, 0.4) is 0 Å². The van der Waals surface area contributed by atoms with Crippen LogP contribution in [0, 0.1) is 0 Å². The highest BCUT2D eigenvalue weighted by Crippen LogP contribution is 2.16. The molecule has 1 atom stereocenters. The minimum Gasteiger partial charge on any atom is -0.355 e. The first-order valence-corrected chi connectivity index (χ1v) is 10.6. The van der Waals surface area contributed by atoms with Crippen molar-refractivity contribution in [3.05, 3.63) is 29.8 Å². The summed E-state index contributed by atoms with van der Waals surface area (Å²) < 4.78 is 26.2. The number of carbonyl (C=O) groups is 3. The summed E-state index contributed by atoms with van der Waals surface area (Å²) in [6.45, 7) is 7.67. The predicted molar refractivity (Wildman–Crippen MR) is 105 cm³/mol. The van der Waals surface area contributed by atoms with Crippen molar-refractivity contribution >= 4 is 27.7 Å². The number of likely N-dealkylation sites (N-methyl/N-ethyl adjacent to an activating group) is 1. The second kappa shape index (κ2) is 10.8. The van der Waals surface area contributed by atoms with Crippen molar-refractivity contribution in [3.63, 3.8) is 0 Å². The number of hydrogen-bond acceptors (Lipinski definition) is 5. The zero-order valence-corrected chi connectivity index (χ0v) is 17.4. The van der Waals surface area contributed by atoms with E-state index in [1.54, 1.807) is 27.7 Å². The van der Waals surface area contributed by atoms with Crippen molar-refractivity contribution in [3.8, 4) is 0 Å². The van der Waals surface area contributed by atoms with Gasteiger partial charge in [0.15, 0.2) is 0 Å². The predicted octanol–water partition coefficient (Wildman–Crippen LogP) is 0.0877. The molecule has 0 aliphatic rings. The molecule has 3 N–H and O–H groups in total. The first-order valence-electron chi connectivity index (χ1n) is 9.12. The molecule has 0 fully saturated rings. The number of nitrogens with zero attached hydrogens (tertiary/aromatic N) is 1. The second-order valence-corrected chi connectivity index (χ2v) is 7.92. The fourth-order valence-corrected chi connectivity index (χ4v) is 3.90. The zero-order valence-electron chi connectivity index (χ0n) is 16.6. The van der Waals surface area contributed by atoms with E-state index in [1.807, 2.05) is 0 Å². The van der Waals surface area contributed by atoms with Crippen LogP contribution in [-0.4, -0.2) is 62.7 Å². The summed E-state index contributed by atoms with van der Waals surface area (Å²) in [5, 5.41) is 7.49. The van der Waals surface area contributed by atoms with Crippen LogP contribution >= 0.6 is 0 Å². The molecule has 3 amide bonds. The second-order valence-electron chi connectivity index (χ2n) is 5.98. The normalized spacial score (nSPS) is 12.3. The summed E-state index contributed by atoms with van der Waals surface area (Å²) in [6, 6.07) is 4.79. The Labute approximate surface area is 165 Å². The number of hydrogen-bond donors (Lipinski definition) is 3. The number of sulfonamides is 1. The lowest BCUT2D eigenvalue weighted by molar-refractivity contribution is -0.128. The maximum absolute atomic E-state index is 12.4. The Morgan fingerprint density at radius 1 is 1.00 bits per heavy atom. The van der Waals surface area contributed by atoms with Gasteiger partial charge in [-0.25, -0.2) is 8.42 Å². The molecule has 0 aliphatic heterocycles. The van der Waals surface area contributed by atoms with Crippen LogP contribution < -0.4 is 16.0 Å². The van der Waals surface area contributed by atoms with Crippen molar-refractivity contribution in [2.24, 2.45) is 0 Å². The largest absolute Gasteiger partial charge is 0.355 e. The number of nitrogens with one attached hydrogen (secondary N) is 3. The lowest BCUT2D eigenvalue weighted by Gasteiger charge is -2.18. The molecule has 10 heteroatoms. The van der Waals surface area contributed by atoms with Gasteiger partial charge in [-0.05, 0) is 38.1 Å². The van der Waals surface area contributed by atoms with Gasteiger partial charge in [0, 0.05) is 25.2 Å². The lowest BCUT2D eigenvalue weighted by atomic mass is 10.2.